The van der Waals surface area contributed by atoms with E-state index in [1.807, 2.05) is 6.07 Å². The van der Waals surface area contributed by atoms with Crippen LogP contribution in [0.2, 0.25) is 5.15 Å². The molecule has 0 atom stereocenters. The number of aromatic nitrogens is 1. The normalized spacial score (nSPS) is 10.0. The summed E-state index contributed by atoms with van der Waals surface area (Å²) >= 11 is 9.23. The molecule has 0 unspecified atom stereocenters. The van der Waals surface area contributed by atoms with E-state index in [-0.39, 0.29) is 0 Å². The number of halogens is 2. The zero-order valence-corrected chi connectivity index (χ0v) is 9.31. The van der Waals surface area contributed by atoms with Gasteiger partial charge in [0.15, 0.2) is 0 Å². The molecule has 0 radical (unpaired) electrons. The van der Waals surface area contributed by atoms with Crippen molar-refractivity contribution in [2.45, 2.75) is 6.61 Å². The molecular formula is C9H9BrClNO. The highest BCUT2D eigenvalue weighted by molar-refractivity contribution is 9.10. The van der Waals surface area contributed by atoms with Crippen LogP contribution in [0.25, 0.3) is 0 Å². The van der Waals surface area contributed by atoms with E-state index in [4.69, 9.17) is 16.3 Å². The summed E-state index contributed by atoms with van der Waals surface area (Å²) in [5, 5.41) is 0.471. The maximum atomic E-state index is 5.86. The van der Waals surface area contributed by atoms with Crippen molar-refractivity contribution in [3.05, 3.63) is 40.1 Å². The number of rotatable bonds is 4. The maximum absolute atomic E-state index is 5.86. The van der Waals surface area contributed by atoms with Crippen molar-refractivity contribution in [3.8, 4) is 0 Å². The Morgan fingerprint density at radius 3 is 3.08 bits per heavy atom. The van der Waals surface area contributed by atoms with E-state index in [0.29, 0.717) is 18.4 Å². The van der Waals surface area contributed by atoms with Crippen LogP contribution in [0.3, 0.4) is 0 Å². The number of nitrogens with zero attached hydrogens (tertiary/aromatic N) is 1. The molecule has 0 fully saturated rings. The summed E-state index contributed by atoms with van der Waals surface area (Å²) in [4.78, 5) is 3.95. The minimum atomic E-state index is 0.444. The van der Waals surface area contributed by atoms with Gasteiger partial charge < -0.3 is 4.74 Å². The van der Waals surface area contributed by atoms with Gasteiger partial charge >= 0.3 is 0 Å². The predicted octanol–water partition coefficient (Wildman–Crippen LogP) is 3.20. The van der Waals surface area contributed by atoms with Crippen molar-refractivity contribution in [2.24, 2.45) is 0 Å². The second kappa shape index (κ2) is 5.37. The summed E-state index contributed by atoms with van der Waals surface area (Å²) in [5.41, 5.74) is 0.867. The highest BCUT2D eigenvalue weighted by atomic mass is 79.9. The summed E-state index contributed by atoms with van der Waals surface area (Å²) in [7, 11) is 0. The Balaban J connectivity index is 2.69. The van der Waals surface area contributed by atoms with E-state index in [2.05, 4.69) is 27.5 Å². The molecule has 1 heterocycles. The Morgan fingerprint density at radius 1 is 1.69 bits per heavy atom. The lowest BCUT2D eigenvalue weighted by Gasteiger charge is -2.05. The first-order chi connectivity index (χ1) is 6.25. The second-order valence-corrected chi connectivity index (χ2v) is 3.58. The van der Waals surface area contributed by atoms with Crippen molar-refractivity contribution < 1.29 is 4.74 Å². The molecule has 0 saturated heterocycles. The highest BCUT2D eigenvalue weighted by Crippen LogP contribution is 2.22. The topological polar surface area (TPSA) is 22.1 Å². The molecule has 0 N–H and O–H groups in total. The largest absolute Gasteiger partial charge is 0.373 e. The van der Waals surface area contributed by atoms with Gasteiger partial charge in [0.2, 0.25) is 0 Å². The van der Waals surface area contributed by atoms with Crippen LogP contribution in [-0.4, -0.2) is 11.6 Å². The van der Waals surface area contributed by atoms with E-state index in [1.54, 1.807) is 12.3 Å². The molecule has 70 valence electrons. The van der Waals surface area contributed by atoms with Gasteiger partial charge in [0.05, 0.1) is 13.2 Å². The zero-order chi connectivity index (χ0) is 9.68. The van der Waals surface area contributed by atoms with Gasteiger partial charge in [0.1, 0.15) is 5.15 Å². The molecule has 1 aromatic rings. The van der Waals surface area contributed by atoms with E-state index in [0.717, 1.165) is 10.0 Å². The van der Waals surface area contributed by atoms with Gasteiger partial charge in [-0.05, 0) is 6.07 Å². The van der Waals surface area contributed by atoms with Gasteiger partial charge in [-0.3, -0.25) is 0 Å². The Labute approximate surface area is 90.7 Å². The van der Waals surface area contributed by atoms with Gasteiger partial charge in [-0.1, -0.05) is 33.6 Å². The molecule has 0 aliphatic heterocycles. The van der Waals surface area contributed by atoms with Crippen molar-refractivity contribution in [2.75, 3.05) is 6.61 Å². The van der Waals surface area contributed by atoms with Crippen molar-refractivity contribution in [1.82, 2.24) is 4.98 Å². The average molecular weight is 263 g/mol. The molecule has 1 aromatic heterocycles. The SMILES string of the molecule is C=CCOCc1c(Br)ccnc1Cl. The standard InChI is InChI=1S/C9H9BrClNO/c1-2-5-13-6-7-8(10)3-4-12-9(7)11/h2-4H,1,5-6H2. The Morgan fingerprint density at radius 2 is 2.46 bits per heavy atom. The van der Waals surface area contributed by atoms with Crippen molar-refractivity contribution in [1.29, 1.82) is 0 Å². The third-order valence-electron chi connectivity index (χ3n) is 1.43. The minimum absolute atomic E-state index is 0.444. The summed E-state index contributed by atoms with van der Waals surface area (Å²) in [6.07, 6.45) is 3.33. The minimum Gasteiger partial charge on any atom is -0.373 e. The van der Waals surface area contributed by atoms with Gasteiger partial charge in [0.25, 0.3) is 0 Å². The summed E-state index contributed by atoms with van der Waals surface area (Å²) < 4.78 is 6.17. The van der Waals surface area contributed by atoms with Crippen LogP contribution in [0.1, 0.15) is 5.56 Å². The summed E-state index contributed by atoms with van der Waals surface area (Å²) in [6, 6.07) is 1.83. The molecule has 0 aliphatic carbocycles. The fourth-order valence-electron chi connectivity index (χ4n) is 0.818. The maximum Gasteiger partial charge on any atom is 0.135 e. The smallest absolute Gasteiger partial charge is 0.135 e. The quantitative estimate of drug-likeness (QED) is 0.472. The van der Waals surface area contributed by atoms with Crippen LogP contribution >= 0.6 is 27.5 Å². The molecule has 2 nitrogen and oxygen atoms in total. The van der Waals surface area contributed by atoms with E-state index in [1.165, 1.54) is 0 Å². The summed E-state index contributed by atoms with van der Waals surface area (Å²) in [5.74, 6) is 0. The summed E-state index contributed by atoms with van der Waals surface area (Å²) in [6.45, 7) is 4.51. The van der Waals surface area contributed by atoms with Crippen LogP contribution in [0, 0.1) is 0 Å². The number of pyridine rings is 1. The third-order valence-corrected chi connectivity index (χ3v) is 2.50. The molecule has 0 aliphatic rings. The van der Waals surface area contributed by atoms with Crippen LogP contribution in [0.5, 0.6) is 0 Å². The van der Waals surface area contributed by atoms with E-state index < -0.39 is 0 Å². The van der Waals surface area contributed by atoms with Crippen molar-refractivity contribution in [3.63, 3.8) is 0 Å². The lowest BCUT2D eigenvalue weighted by molar-refractivity contribution is 0.148. The lowest BCUT2D eigenvalue weighted by atomic mass is 10.3. The predicted molar refractivity (Wildman–Crippen MR) is 56.8 cm³/mol. The van der Waals surface area contributed by atoms with Crippen molar-refractivity contribution >= 4 is 27.5 Å². The Hall–Kier alpha value is -0.380. The molecule has 0 saturated carbocycles. The molecule has 0 amide bonds. The lowest BCUT2D eigenvalue weighted by Crippen LogP contribution is -1.96. The van der Waals surface area contributed by atoms with E-state index >= 15 is 0 Å². The number of hydrogen-bond donors (Lipinski definition) is 0. The molecule has 0 spiro atoms. The first-order valence-corrected chi connectivity index (χ1v) is 4.90. The molecule has 0 aromatic carbocycles. The van der Waals surface area contributed by atoms with Crippen LogP contribution in [-0.2, 0) is 11.3 Å². The molecule has 0 bridgehead atoms. The molecule has 4 heteroatoms. The first kappa shape index (κ1) is 10.7. The Kier molecular flexibility index (Phi) is 4.42. The fraction of sp³-hybridized carbons (Fsp3) is 0.222. The van der Waals surface area contributed by atoms with Crippen LogP contribution in [0.4, 0.5) is 0 Å². The monoisotopic (exact) mass is 261 g/mol. The first-order valence-electron chi connectivity index (χ1n) is 3.73. The average Bonchev–Trinajstić information content (AvgIpc) is 2.10. The molecule has 1 rings (SSSR count). The number of hydrogen-bond acceptors (Lipinski definition) is 2. The third kappa shape index (κ3) is 3.10. The van der Waals surface area contributed by atoms with Gasteiger partial charge in [0, 0.05) is 16.2 Å². The van der Waals surface area contributed by atoms with Crippen LogP contribution in [0.15, 0.2) is 29.4 Å². The highest BCUT2D eigenvalue weighted by Gasteiger charge is 2.05. The molecule has 13 heavy (non-hydrogen) atoms. The number of ether oxygens (including phenoxy) is 1. The second-order valence-electron chi connectivity index (χ2n) is 2.37. The van der Waals surface area contributed by atoms with Gasteiger partial charge in [-0.2, -0.15) is 0 Å². The van der Waals surface area contributed by atoms with Crippen LogP contribution < -0.4 is 0 Å². The van der Waals surface area contributed by atoms with Gasteiger partial charge in [-0.25, -0.2) is 4.98 Å². The zero-order valence-electron chi connectivity index (χ0n) is 6.96. The van der Waals surface area contributed by atoms with Gasteiger partial charge in [-0.15, -0.1) is 6.58 Å². The van der Waals surface area contributed by atoms with E-state index in [9.17, 15) is 0 Å². The molecular weight excluding hydrogens is 253 g/mol. The Bertz CT molecular complexity index is 283. The fourth-order valence-corrected chi connectivity index (χ4v) is 1.57.